The first-order chi connectivity index (χ1) is 12.7. The van der Waals surface area contributed by atoms with Crippen LogP contribution in [-0.4, -0.2) is 42.5 Å². The fraction of sp³-hybridized carbons (Fsp3) is 0.474. The predicted molar refractivity (Wildman–Crippen MR) is 94.1 cm³/mol. The van der Waals surface area contributed by atoms with Crippen molar-refractivity contribution in [2.24, 2.45) is 0 Å². The standard InChI is InChI=1S/C19H24N2O5/c1-24-11-15(22)10-20-19(23)18-9-17(26-21-18)12-25-16-7-6-13-4-2-3-5-14(13)8-16/h6-9,15,22H,2-5,10-12H2,1H3,(H,20,23)/t15-/m0/s1. The van der Waals surface area contributed by atoms with Gasteiger partial charge >= 0.3 is 0 Å². The summed E-state index contributed by atoms with van der Waals surface area (Å²) in [5.41, 5.74) is 2.90. The molecule has 1 aliphatic carbocycles. The minimum atomic E-state index is -0.761. The first-order valence-electron chi connectivity index (χ1n) is 8.81. The number of amides is 1. The van der Waals surface area contributed by atoms with Gasteiger partial charge in [-0.05, 0) is 48.9 Å². The van der Waals surface area contributed by atoms with E-state index in [4.69, 9.17) is 14.0 Å². The first kappa shape index (κ1) is 18.4. The summed E-state index contributed by atoms with van der Waals surface area (Å²) in [6.45, 7) is 0.435. The van der Waals surface area contributed by atoms with Gasteiger partial charge in [0.15, 0.2) is 11.5 Å². The molecule has 2 aromatic rings. The highest BCUT2D eigenvalue weighted by Crippen LogP contribution is 2.25. The lowest BCUT2D eigenvalue weighted by Crippen LogP contribution is -2.34. The number of nitrogens with zero attached hydrogens (tertiary/aromatic N) is 1. The van der Waals surface area contributed by atoms with Crippen molar-refractivity contribution in [2.75, 3.05) is 20.3 Å². The monoisotopic (exact) mass is 360 g/mol. The highest BCUT2D eigenvalue weighted by atomic mass is 16.5. The molecule has 0 saturated carbocycles. The predicted octanol–water partition coefficient (Wildman–Crippen LogP) is 1.87. The molecule has 3 rings (SSSR count). The van der Waals surface area contributed by atoms with Crippen molar-refractivity contribution in [1.29, 1.82) is 0 Å². The van der Waals surface area contributed by atoms with E-state index in [1.807, 2.05) is 6.07 Å². The van der Waals surface area contributed by atoms with Crippen LogP contribution in [0.4, 0.5) is 0 Å². The Morgan fingerprint density at radius 1 is 1.31 bits per heavy atom. The number of aromatic nitrogens is 1. The number of fused-ring (bicyclic) bond motifs is 1. The number of carbonyl (C=O) groups excluding carboxylic acids is 1. The van der Waals surface area contributed by atoms with Gasteiger partial charge in [0.05, 0.1) is 12.7 Å². The van der Waals surface area contributed by atoms with Crippen LogP contribution in [0.15, 0.2) is 28.8 Å². The van der Waals surface area contributed by atoms with Crippen molar-refractivity contribution >= 4 is 5.91 Å². The number of rotatable bonds is 8. The number of carbonyl (C=O) groups is 1. The minimum absolute atomic E-state index is 0.0838. The molecule has 1 aromatic heterocycles. The smallest absolute Gasteiger partial charge is 0.273 e. The third-order valence-corrected chi connectivity index (χ3v) is 4.35. The van der Waals surface area contributed by atoms with E-state index in [0.29, 0.717) is 5.76 Å². The molecule has 7 nitrogen and oxygen atoms in total. The summed E-state index contributed by atoms with van der Waals surface area (Å²) in [5.74, 6) is 0.838. The van der Waals surface area contributed by atoms with E-state index in [1.165, 1.54) is 37.1 Å². The molecule has 1 amide bonds. The second-order valence-corrected chi connectivity index (χ2v) is 6.42. The van der Waals surface area contributed by atoms with Gasteiger partial charge in [-0.1, -0.05) is 11.2 Å². The number of nitrogens with one attached hydrogen (secondary N) is 1. The molecule has 1 aliphatic rings. The maximum absolute atomic E-state index is 12.0. The summed E-state index contributed by atoms with van der Waals surface area (Å²) in [4.78, 5) is 12.0. The first-order valence-corrected chi connectivity index (χ1v) is 8.81. The number of methoxy groups -OCH3 is 1. The van der Waals surface area contributed by atoms with Gasteiger partial charge in [-0.25, -0.2) is 0 Å². The molecule has 140 valence electrons. The molecule has 2 N–H and O–H groups in total. The summed E-state index contributed by atoms with van der Waals surface area (Å²) in [6.07, 6.45) is 3.93. The second-order valence-electron chi connectivity index (χ2n) is 6.42. The number of ether oxygens (including phenoxy) is 2. The summed E-state index contributed by atoms with van der Waals surface area (Å²) < 4.78 is 15.7. The van der Waals surface area contributed by atoms with Crippen LogP contribution in [0.3, 0.4) is 0 Å². The van der Waals surface area contributed by atoms with Crippen molar-refractivity contribution in [3.63, 3.8) is 0 Å². The Morgan fingerprint density at radius 2 is 2.12 bits per heavy atom. The second kappa shape index (κ2) is 8.82. The Hall–Kier alpha value is -2.38. The van der Waals surface area contributed by atoms with E-state index in [9.17, 15) is 9.90 Å². The number of benzene rings is 1. The average molecular weight is 360 g/mol. The van der Waals surface area contributed by atoms with Gasteiger partial charge in [0.25, 0.3) is 5.91 Å². The summed E-state index contributed by atoms with van der Waals surface area (Å²) >= 11 is 0. The molecule has 1 atom stereocenters. The normalized spacial score (nSPS) is 14.5. The van der Waals surface area contributed by atoms with Crippen LogP contribution in [0, 0.1) is 0 Å². The Labute approximate surface area is 152 Å². The van der Waals surface area contributed by atoms with Crippen LogP contribution in [0.1, 0.15) is 40.2 Å². The van der Waals surface area contributed by atoms with Crippen LogP contribution < -0.4 is 10.1 Å². The van der Waals surface area contributed by atoms with Crippen LogP contribution in [-0.2, 0) is 24.2 Å². The van der Waals surface area contributed by atoms with E-state index in [2.05, 4.69) is 22.6 Å². The molecule has 0 unspecified atom stereocenters. The lowest BCUT2D eigenvalue weighted by molar-refractivity contribution is 0.0607. The molecule has 1 aromatic carbocycles. The minimum Gasteiger partial charge on any atom is -0.486 e. The van der Waals surface area contributed by atoms with Crippen LogP contribution >= 0.6 is 0 Å². The SMILES string of the molecule is COC[C@@H](O)CNC(=O)c1cc(COc2ccc3c(c2)CCCC3)on1. The largest absolute Gasteiger partial charge is 0.486 e. The maximum atomic E-state index is 12.0. The number of aliphatic hydroxyl groups excluding tert-OH is 1. The number of aryl methyl sites for hydroxylation is 2. The van der Waals surface area contributed by atoms with Gasteiger partial charge in [0.1, 0.15) is 12.4 Å². The topological polar surface area (TPSA) is 93.8 Å². The van der Waals surface area contributed by atoms with Gasteiger partial charge in [0, 0.05) is 19.7 Å². The molecule has 0 radical (unpaired) electrons. The zero-order valence-corrected chi connectivity index (χ0v) is 14.9. The molecular formula is C19H24N2O5. The van der Waals surface area contributed by atoms with Gasteiger partial charge in [-0.15, -0.1) is 0 Å². The molecule has 0 spiro atoms. The van der Waals surface area contributed by atoms with Crippen molar-refractivity contribution in [3.8, 4) is 5.75 Å². The van der Waals surface area contributed by atoms with Crippen LogP contribution in [0.5, 0.6) is 5.75 Å². The Morgan fingerprint density at radius 3 is 2.92 bits per heavy atom. The zero-order valence-electron chi connectivity index (χ0n) is 14.9. The van der Waals surface area contributed by atoms with Gasteiger partial charge in [-0.3, -0.25) is 4.79 Å². The molecule has 0 saturated heterocycles. The zero-order chi connectivity index (χ0) is 18.4. The van der Waals surface area contributed by atoms with Gasteiger partial charge < -0.3 is 24.4 Å². The summed E-state index contributed by atoms with van der Waals surface area (Å²) in [7, 11) is 1.48. The van der Waals surface area contributed by atoms with Crippen molar-refractivity contribution in [1.82, 2.24) is 10.5 Å². The van der Waals surface area contributed by atoms with Crippen molar-refractivity contribution in [2.45, 2.75) is 38.4 Å². The van der Waals surface area contributed by atoms with E-state index >= 15 is 0 Å². The number of aliphatic hydroxyl groups is 1. The molecular weight excluding hydrogens is 336 g/mol. The van der Waals surface area contributed by atoms with E-state index in [0.717, 1.165) is 18.6 Å². The van der Waals surface area contributed by atoms with Crippen LogP contribution in [0.25, 0.3) is 0 Å². The average Bonchev–Trinajstić information content (AvgIpc) is 3.14. The third-order valence-electron chi connectivity index (χ3n) is 4.35. The fourth-order valence-electron chi connectivity index (χ4n) is 2.99. The molecule has 7 heteroatoms. The summed E-state index contributed by atoms with van der Waals surface area (Å²) in [6, 6.07) is 7.70. The molecule has 1 heterocycles. The van der Waals surface area contributed by atoms with Crippen molar-refractivity contribution < 1.29 is 23.9 Å². The van der Waals surface area contributed by atoms with Gasteiger partial charge in [-0.2, -0.15) is 0 Å². The van der Waals surface area contributed by atoms with Crippen LogP contribution in [0.2, 0.25) is 0 Å². The molecule has 0 bridgehead atoms. The Bertz CT molecular complexity index is 743. The molecule has 26 heavy (non-hydrogen) atoms. The van der Waals surface area contributed by atoms with E-state index in [1.54, 1.807) is 0 Å². The van der Waals surface area contributed by atoms with E-state index < -0.39 is 12.0 Å². The fourth-order valence-corrected chi connectivity index (χ4v) is 2.99. The highest BCUT2D eigenvalue weighted by Gasteiger charge is 2.15. The Kier molecular flexibility index (Phi) is 6.25. The molecule has 0 aliphatic heterocycles. The summed E-state index contributed by atoms with van der Waals surface area (Å²) in [5, 5.41) is 15.9. The highest BCUT2D eigenvalue weighted by molar-refractivity contribution is 5.92. The van der Waals surface area contributed by atoms with Gasteiger partial charge in [0.2, 0.25) is 0 Å². The Balaban J connectivity index is 1.51. The quantitative estimate of drug-likeness (QED) is 0.746. The third kappa shape index (κ3) is 4.83. The lowest BCUT2D eigenvalue weighted by Gasteiger charge is -2.16. The molecule has 0 fully saturated rings. The maximum Gasteiger partial charge on any atom is 0.273 e. The number of hydrogen-bond acceptors (Lipinski definition) is 6. The lowest BCUT2D eigenvalue weighted by atomic mass is 9.92. The van der Waals surface area contributed by atoms with Crippen molar-refractivity contribution in [3.05, 3.63) is 46.8 Å². The van der Waals surface area contributed by atoms with E-state index in [-0.39, 0.29) is 25.5 Å². The number of hydrogen-bond donors (Lipinski definition) is 2.